The maximum atomic E-state index is 14.1. The lowest BCUT2D eigenvalue weighted by molar-refractivity contribution is -0.145. The number of aliphatic hydroxyl groups is 1. The third-order valence-electron chi connectivity index (χ3n) is 8.01. The number of rotatable bonds is 15. The Morgan fingerprint density at radius 2 is 1.86 bits per heavy atom. The minimum atomic E-state index is -0.554. The first-order valence-electron chi connectivity index (χ1n) is 13.7. The maximum absolute atomic E-state index is 14.1. The van der Waals surface area contributed by atoms with Gasteiger partial charge in [0.1, 0.15) is 6.04 Å². The second-order valence-electron chi connectivity index (χ2n) is 10.7. The van der Waals surface area contributed by atoms with Crippen LogP contribution in [0.25, 0.3) is 0 Å². The zero-order chi connectivity index (χ0) is 26.5. The molecule has 5 atom stereocenters. The van der Waals surface area contributed by atoms with Crippen LogP contribution in [0.2, 0.25) is 0 Å². The number of carbonyl (C=O) groups is 3. The van der Waals surface area contributed by atoms with Crippen molar-refractivity contribution >= 4 is 29.5 Å². The van der Waals surface area contributed by atoms with Gasteiger partial charge in [0.15, 0.2) is 0 Å². The van der Waals surface area contributed by atoms with Crippen molar-refractivity contribution in [3.05, 3.63) is 25.3 Å². The van der Waals surface area contributed by atoms with E-state index in [9.17, 15) is 14.4 Å². The van der Waals surface area contributed by atoms with Crippen LogP contribution in [0.1, 0.15) is 65.7 Å². The fourth-order valence-corrected chi connectivity index (χ4v) is 8.69. The molecule has 3 heterocycles. The first kappa shape index (κ1) is 28.8. The molecule has 8 heteroatoms. The molecule has 0 radical (unpaired) electrons. The fraction of sp³-hybridized carbons (Fsp3) is 0.750. The Bertz CT molecular complexity index is 834. The van der Waals surface area contributed by atoms with Crippen LogP contribution >= 0.6 is 11.8 Å². The van der Waals surface area contributed by atoms with Crippen LogP contribution < -0.4 is 0 Å². The van der Waals surface area contributed by atoms with Crippen molar-refractivity contribution in [2.45, 2.75) is 87.8 Å². The van der Waals surface area contributed by atoms with E-state index in [1.54, 1.807) is 23.9 Å². The molecule has 3 aliphatic rings. The first-order valence-corrected chi connectivity index (χ1v) is 14.6. The van der Waals surface area contributed by atoms with Crippen LogP contribution in [-0.4, -0.2) is 92.4 Å². The van der Waals surface area contributed by atoms with Gasteiger partial charge in [-0.15, -0.1) is 24.9 Å². The standard InChI is InChI=1S/C28H45N3O4S/c1-6-15-29(16-7-2)25(33)22-21-13-14-28(36-21)23(22)26(34)31(18-11-9-10-12-19-32)24(28)27(35)30(17-8-3)20(4)5/h6,8,20-24,32H,1,3,7,9-19H2,2,4-5H3/t21-,22+,23-,24?,28?/m0/s1. The van der Waals surface area contributed by atoms with Gasteiger partial charge in [-0.05, 0) is 46.0 Å². The van der Waals surface area contributed by atoms with Crippen LogP contribution in [0.3, 0.4) is 0 Å². The monoisotopic (exact) mass is 519 g/mol. The summed E-state index contributed by atoms with van der Waals surface area (Å²) in [4.78, 5) is 47.5. The van der Waals surface area contributed by atoms with Crippen LogP contribution in [0.5, 0.6) is 0 Å². The van der Waals surface area contributed by atoms with Crippen molar-refractivity contribution in [3.63, 3.8) is 0 Å². The number of thioether (sulfide) groups is 1. The van der Waals surface area contributed by atoms with Gasteiger partial charge >= 0.3 is 0 Å². The molecule has 0 aromatic rings. The molecule has 1 spiro atoms. The van der Waals surface area contributed by atoms with Crippen molar-refractivity contribution in [2.75, 3.05) is 32.8 Å². The van der Waals surface area contributed by atoms with E-state index < -0.39 is 16.7 Å². The number of likely N-dealkylation sites (tertiary alicyclic amines) is 1. The zero-order valence-corrected chi connectivity index (χ0v) is 23.2. The largest absolute Gasteiger partial charge is 0.396 e. The summed E-state index contributed by atoms with van der Waals surface area (Å²) in [5.41, 5.74) is 0. The zero-order valence-electron chi connectivity index (χ0n) is 22.4. The number of aliphatic hydroxyl groups excluding tert-OH is 1. The minimum Gasteiger partial charge on any atom is -0.396 e. The van der Waals surface area contributed by atoms with Gasteiger partial charge in [0, 0.05) is 44.1 Å². The van der Waals surface area contributed by atoms with Crippen LogP contribution in [-0.2, 0) is 14.4 Å². The topological polar surface area (TPSA) is 81.2 Å². The normalized spacial score (nSPS) is 28.5. The molecular formula is C28H45N3O4S. The third kappa shape index (κ3) is 5.26. The van der Waals surface area contributed by atoms with Crippen molar-refractivity contribution in [2.24, 2.45) is 11.8 Å². The average molecular weight is 520 g/mol. The molecule has 2 bridgehead atoms. The molecule has 0 aliphatic carbocycles. The highest BCUT2D eigenvalue weighted by atomic mass is 32.2. The van der Waals surface area contributed by atoms with Crippen LogP contribution in [0.4, 0.5) is 0 Å². The second kappa shape index (κ2) is 12.6. The maximum Gasteiger partial charge on any atom is 0.247 e. The van der Waals surface area contributed by atoms with Gasteiger partial charge in [0.05, 0.1) is 16.6 Å². The lowest BCUT2D eigenvalue weighted by atomic mass is 9.70. The highest BCUT2D eigenvalue weighted by molar-refractivity contribution is 8.02. The van der Waals surface area contributed by atoms with E-state index >= 15 is 0 Å². The van der Waals surface area contributed by atoms with E-state index in [4.69, 9.17) is 5.11 Å². The smallest absolute Gasteiger partial charge is 0.247 e. The van der Waals surface area contributed by atoms with Crippen LogP contribution in [0, 0.1) is 11.8 Å². The number of amides is 3. The molecule has 3 amide bonds. The molecule has 0 saturated carbocycles. The molecule has 3 aliphatic heterocycles. The lowest BCUT2D eigenvalue weighted by Gasteiger charge is -2.38. The Kier molecular flexibility index (Phi) is 10.1. The third-order valence-corrected chi connectivity index (χ3v) is 9.97. The summed E-state index contributed by atoms with van der Waals surface area (Å²) in [6, 6.07) is -0.567. The SMILES string of the molecule is C=CCN(CCC)C(=O)[C@@H]1[C@@H]2CCC3(S2)C(C(=O)N(CC=C)C(C)C)N(CCCCCCO)C(=O)[C@H]13. The average Bonchev–Trinajstić information content (AvgIpc) is 3.49. The molecule has 202 valence electrons. The molecule has 3 fully saturated rings. The Morgan fingerprint density at radius 1 is 1.17 bits per heavy atom. The van der Waals surface area contributed by atoms with Gasteiger partial charge in [-0.2, -0.15) is 0 Å². The minimum absolute atomic E-state index is 0.0128. The van der Waals surface area contributed by atoms with Gasteiger partial charge < -0.3 is 19.8 Å². The Balaban J connectivity index is 1.96. The molecule has 1 N–H and O–H groups in total. The molecule has 3 saturated heterocycles. The number of carbonyl (C=O) groups excluding carboxylic acids is 3. The fourth-order valence-electron chi connectivity index (χ4n) is 6.48. The summed E-state index contributed by atoms with van der Waals surface area (Å²) < 4.78 is -0.551. The first-order chi connectivity index (χ1) is 17.3. The van der Waals surface area contributed by atoms with Gasteiger partial charge in [-0.3, -0.25) is 14.4 Å². The molecule has 0 aromatic heterocycles. The summed E-state index contributed by atoms with van der Waals surface area (Å²) in [6.07, 6.45) is 9.30. The molecule has 36 heavy (non-hydrogen) atoms. The quantitative estimate of drug-likeness (QED) is 0.265. The van der Waals surface area contributed by atoms with Gasteiger partial charge in [0.25, 0.3) is 0 Å². The van der Waals surface area contributed by atoms with Gasteiger partial charge in [0.2, 0.25) is 17.7 Å². The number of hydrogen-bond acceptors (Lipinski definition) is 5. The van der Waals surface area contributed by atoms with E-state index in [0.29, 0.717) is 26.2 Å². The predicted molar refractivity (Wildman–Crippen MR) is 145 cm³/mol. The number of hydrogen-bond donors (Lipinski definition) is 1. The molecule has 2 unspecified atom stereocenters. The van der Waals surface area contributed by atoms with E-state index in [-0.39, 0.29) is 41.5 Å². The van der Waals surface area contributed by atoms with Crippen LogP contribution in [0.15, 0.2) is 25.3 Å². The van der Waals surface area contributed by atoms with E-state index in [2.05, 4.69) is 20.1 Å². The number of unbranched alkanes of at least 4 members (excludes halogenated alkanes) is 3. The highest BCUT2D eigenvalue weighted by Crippen LogP contribution is 2.66. The Morgan fingerprint density at radius 3 is 2.47 bits per heavy atom. The molecule has 7 nitrogen and oxygen atoms in total. The second-order valence-corrected chi connectivity index (χ2v) is 12.3. The Labute approximate surface area is 221 Å². The Hall–Kier alpha value is -1.80. The molecule has 0 aromatic carbocycles. The van der Waals surface area contributed by atoms with Gasteiger partial charge in [-0.1, -0.05) is 31.9 Å². The number of fused-ring (bicyclic) bond motifs is 1. The van der Waals surface area contributed by atoms with Crippen molar-refractivity contribution < 1.29 is 19.5 Å². The lowest BCUT2D eigenvalue weighted by Crippen LogP contribution is -2.56. The highest BCUT2D eigenvalue weighted by Gasteiger charge is 2.74. The van der Waals surface area contributed by atoms with Crippen molar-refractivity contribution in [1.82, 2.24) is 14.7 Å². The van der Waals surface area contributed by atoms with E-state index in [0.717, 1.165) is 44.9 Å². The summed E-state index contributed by atoms with van der Waals surface area (Å²) in [6.45, 7) is 16.0. The van der Waals surface area contributed by atoms with Crippen molar-refractivity contribution in [1.29, 1.82) is 0 Å². The van der Waals surface area contributed by atoms with Gasteiger partial charge in [-0.25, -0.2) is 0 Å². The van der Waals surface area contributed by atoms with Crippen molar-refractivity contribution in [3.8, 4) is 0 Å². The summed E-state index contributed by atoms with van der Waals surface area (Å²) in [7, 11) is 0. The molecule has 3 rings (SSSR count). The summed E-state index contributed by atoms with van der Waals surface area (Å²) in [5, 5.41) is 9.19. The summed E-state index contributed by atoms with van der Waals surface area (Å²) >= 11 is 1.74. The molecular weight excluding hydrogens is 474 g/mol. The van der Waals surface area contributed by atoms with E-state index in [1.807, 2.05) is 28.5 Å². The predicted octanol–water partition coefficient (Wildman–Crippen LogP) is 3.48. The van der Waals surface area contributed by atoms with E-state index in [1.165, 1.54) is 0 Å². The summed E-state index contributed by atoms with van der Waals surface area (Å²) in [5.74, 6) is -0.849. The number of nitrogens with zero attached hydrogens (tertiary/aromatic N) is 3.